The molecule has 0 fully saturated rings. The van der Waals surface area contributed by atoms with Gasteiger partial charge in [0.1, 0.15) is 17.2 Å². The lowest BCUT2D eigenvalue weighted by Crippen LogP contribution is -2.45. The Morgan fingerprint density at radius 1 is 0.973 bits per heavy atom. The Kier molecular flexibility index (Phi) is 8.41. The molecular weight excluding hydrogens is 488 g/mol. The molecule has 0 aromatic heterocycles. The fourth-order valence-corrected chi connectivity index (χ4v) is 5.42. The Morgan fingerprint density at radius 3 is 2.24 bits per heavy atom. The summed E-state index contributed by atoms with van der Waals surface area (Å²) in [7, 11) is 5.52. The Bertz CT molecular complexity index is 1240. The lowest BCUT2D eigenvalue weighted by atomic mass is 10.1. The van der Waals surface area contributed by atoms with Gasteiger partial charge in [-0.1, -0.05) is 29.8 Å². The summed E-state index contributed by atoms with van der Waals surface area (Å²) in [5.74, 6) is 1.35. The molecule has 2 atom stereocenters. The van der Waals surface area contributed by atoms with Crippen LogP contribution in [0.2, 0.25) is 0 Å². The summed E-state index contributed by atoms with van der Waals surface area (Å²) in [5, 5.41) is -0.458. The molecule has 0 aliphatic carbocycles. The number of hydrogen-bond donors (Lipinski definition) is 0. The average molecular weight is 521 g/mol. The summed E-state index contributed by atoms with van der Waals surface area (Å²) >= 11 is 1.49. The Labute approximate surface area is 222 Å². The van der Waals surface area contributed by atoms with Crippen LogP contribution in [-0.2, 0) is 14.3 Å². The van der Waals surface area contributed by atoms with Crippen molar-refractivity contribution in [1.29, 1.82) is 0 Å². The Balaban J connectivity index is 1.78. The summed E-state index contributed by atoms with van der Waals surface area (Å²) in [4.78, 5) is 30.7. The van der Waals surface area contributed by atoms with Gasteiger partial charge in [0.2, 0.25) is 0 Å². The molecule has 1 aliphatic heterocycles. The quantitative estimate of drug-likeness (QED) is 0.365. The first kappa shape index (κ1) is 26.6. The number of benzene rings is 3. The molecule has 7 nitrogen and oxygen atoms in total. The number of carbonyl (C=O) groups is 2. The third kappa shape index (κ3) is 6.45. The highest BCUT2D eigenvalue weighted by molar-refractivity contribution is 7.99. The van der Waals surface area contributed by atoms with E-state index in [1.165, 1.54) is 18.7 Å². The van der Waals surface area contributed by atoms with Gasteiger partial charge < -0.3 is 24.0 Å². The maximum atomic E-state index is 13.9. The summed E-state index contributed by atoms with van der Waals surface area (Å²) in [6.45, 7) is 4.46. The number of esters is 1. The number of likely N-dealkylation sites (N-methyl/N-ethyl adjacent to an activating group) is 1. The van der Waals surface area contributed by atoms with E-state index in [1.807, 2.05) is 92.6 Å². The van der Waals surface area contributed by atoms with Crippen molar-refractivity contribution in [2.45, 2.75) is 30.1 Å². The monoisotopic (exact) mass is 520 g/mol. The summed E-state index contributed by atoms with van der Waals surface area (Å²) in [5.41, 5.74) is 2.77. The largest absolute Gasteiger partial charge is 0.497 e. The van der Waals surface area contributed by atoms with Crippen molar-refractivity contribution in [3.05, 3.63) is 77.9 Å². The zero-order valence-corrected chi connectivity index (χ0v) is 22.6. The zero-order valence-electron chi connectivity index (χ0n) is 21.8. The average Bonchev–Trinajstić information content (AvgIpc) is 2.98. The van der Waals surface area contributed by atoms with E-state index in [9.17, 15) is 9.59 Å². The molecule has 4 rings (SSSR count). The number of amides is 1. The molecule has 0 N–H and O–H groups in total. The zero-order chi connectivity index (χ0) is 26.5. The molecule has 0 spiro atoms. The molecule has 0 bridgehead atoms. The SMILES string of the molecule is COc1ccc([C@@H]2Sc3cc(Oc4ccc(C)cc4)ccc3N(CCN(C)C)C(=O)[C@@H]2OC(C)=O)cc1. The van der Waals surface area contributed by atoms with Crippen LogP contribution in [0.5, 0.6) is 17.2 Å². The molecule has 0 saturated carbocycles. The molecule has 194 valence electrons. The van der Waals surface area contributed by atoms with Crippen LogP contribution in [0.25, 0.3) is 0 Å². The fourth-order valence-electron chi connectivity index (χ4n) is 4.08. The molecule has 0 radical (unpaired) electrons. The van der Waals surface area contributed by atoms with E-state index in [2.05, 4.69) is 0 Å². The van der Waals surface area contributed by atoms with Gasteiger partial charge in [-0.15, -0.1) is 11.8 Å². The molecule has 0 unspecified atom stereocenters. The van der Waals surface area contributed by atoms with E-state index in [1.54, 1.807) is 12.0 Å². The first-order chi connectivity index (χ1) is 17.7. The van der Waals surface area contributed by atoms with Crippen LogP contribution in [0.15, 0.2) is 71.6 Å². The maximum Gasteiger partial charge on any atom is 0.303 e. The molecule has 1 heterocycles. The molecule has 8 heteroatoms. The van der Waals surface area contributed by atoms with Crippen molar-refractivity contribution in [2.24, 2.45) is 0 Å². The number of rotatable bonds is 8. The third-order valence-corrected chi connectivity index (χ3v) is 7.38. The molecule has 3 aromatic carbocycles. The molecule has 1 aliphatic rings. The highest BCUT2D eigenvalue weighted by atomic mass is 32.2. The number of methoxy groups -OCH3 is 1. The summed E-state index contributed by atoms with van der Waals surface area (Å²) in [6.07, 6.45) is -0.994. The lowest BCUT2D eigenvalue weighted by molar-refractivity contribution is -0.152. The van der Waals surface area contributed by atoms with Crippen LogP contribution >= 0.6 is 11.8 Å². The van der Waals surface area contributed by atoms with Crippen molar-refractivity contribution in [3.63, 3.8) is 0 Å². The van der Waals surface area contributed by atoms with Crippen LogP contribution < -0.4 is 14.4 Å². The normalized spacial score (nSPS) is 17.2. The Morgan fingerprint density at radius 2 is 1.62 bits per heavy atom. The summed E-state index contributed by atoms with van der Waals surface area (Å²) in [6, 6.07) is 21.1. The number of ether oxygens (including phenoxy) is 3. The van der Waals surface area contributed by atoms with Gasteiger partial charge in [0.25, 0.3) is 5.91 Å². The third-order valence-electron chi connectivity index (χ3n) is 6.03. The van der Waals surface area contributed by atoms with E-state index >= 15 is 0 Å². The van der Waals surface area contributed by atoms with Crippen LogP contribution in [0.1, 0.15) is 23.3 Å². The van der Waals surface area contributed by atoms with Crippen molar-refractivity contribution in [3.8, 4) is 17.2 Å². The van der Waals surface area contributed by atoms with E-state index in [0.29, 0.717) is 24.6 Å². The number of nitrogens with zero attached hydrogens (tertiary/aromatic N) is 2. The number of aryl methyl sites for hydroxylation is 1. The van der Waals surface area contributed by atoms with Gasteiger partial charge in [0, 0.05) is 24.9 Å². The van der Waals surface area contributed by atoms with Gasteiger partial charge in [0.05, 0.1) is 18.0 Å². The topological polar surface area (TPSA) is 68.3 Å². The number of carbonyl (C=O) groups excluding carboxylic acids is 2. The predicted octanol–water partition coefficient (Wildman–Crippen LogP) is 5.47. The fraction of sp³-hybridized carbons (Fsp3) is 0.310. The van der Waals surface area contributed by atoms with Gasteiger partial charge >= 0.3 is 5.97 Å². The minimum absolute atomic E-state index is 0.253. The highest BCUT2D eigenvalue weighted by Crippen LogP contribution is 2.48. The van der Waals surface area contributed by atoms with Crippen LogP contribution in [-0.4, -0.2) is 57.2 Å². The second kappa shape index (κ2) is 11.7. The van der Waals surface area contributed by atoms with Gasteiger partial charge in [-0.25, -0.2) is 0 Å². The minimum Gasteiger partial charge on any atom is -0.497 e. The molecule has 37 heavy (non-hydrogen) atoms. The molecule has 3 aromatic rings. The predicted molar refractivity (Wildman–Crippen MR) is 146 cm³/mol. The van der Waals surface area contributed by atoms with Crippen LogP contribution in [0.3, 0.4) is 0 Å². The van der Waals surface area contributed by atoms with Gasteiger partial charge in [-0.2, -0.15) is 0 Å². The van der Waals surface area contributed by atoms with E-state index < -0.39 is 17.3 Å². The van der Waals surface area contributed by atoms with Gasteiger partial charge in [-0.3, -0.25) is 9.59 Å². The number of thioether (sulfide) groups is 1. The van der Waals surface area contributed by atoms with Crippen molar-refractivity contribution in [2.75, 3.05) is 39.2 Å². The standard InChI is InChI=1S/C29H32N2O5S/c1-19-6-10-23(11-7-19)36-24-14-15-25-26(18-24)37-28(21-8-12-22(34-5)13-9-21)27(35-20(2)32)29(33)31(25)17-16-30(3)4/h6-15,18,27-28H,16-17H2,1-5H3/t27-,28+/m1/s1. The minimum atomic E-state index is -0.994. The van der Waals surface area contributed by atoms with Crippen molar-refractivity contribution >= 4 is 29.3 Å². The van der Waals surface area contributed by atoms with Crippen molar-refractivity contribution < 1.29 is 23.8 Å². The van der Waals surface area contributed by atoms with Crippen LogP contribution in [0, 0.1) is 6.92 Å². The van der Waals surface area contributed by atoms with E-state index in [4.69, 9.17) is 14.2 Å². The van der Waals surface area contributed by atoms with E-state index in [0.717, 1.165) is 27.5 Å². The first-order valence-electron chi connectivity index (χ1n) is 12.1. The molecular formula is C29H32N2O5S. The highest BCUT2D eigenvalue weighted by Gasteiger charge is 2.41. The summed E-state index contributed by atoms with van der Waals surface area (Å²) < 4.78 is 17.1. The molecule has 1 amide bonds. The Hall–Kier alpha value is -3.49. The lowest BCUT2D eigenvalue weighted by Gasteiger charge is -2.28. The van der Waals surface area contributed by atoms with Crippen molar-refractivity contribution in [1.82, 2.24) is 4.90 Å². The second-order valence-electron chi connectivity index (χ2n) is 9.18. The number of anilines is 1. The van der Waals surface area contributed by atoms with Crippen LogP contribution in [0.4, 0.5) is 5.69 Å². The van der Waals surface area contributed by atoms with Gasteiger partial charge in [-0.05, 0) is 69.0 Å². The number of hydrogen-bond acceptors (Lipinski definition) is 7. The molecule has 0 saturated heterocycles. The first-order valence-corrected chi connectivity index (χ1v) is 13.0. The second-order valence-corrected chi connectivity index (χ2v) is 10.4. The maximum absolute atomic E-state index is 13.9. The van der Waals surface area contributed by atoms with Gasteiger partial charge in [0.15, 0.2) is 6.10 Å². The smallest absolute Gasteiger partial charge is 0.303 e. The van der Waals surface area contributed by atoms with E-state index in [-0.39, 0.29) is 5.91 Å². The number of fused-ring (bicyclic) bond motifs is 1.